The van der Waals surface area contributed by atoms with Crippen molar-refractivity contribution in [2.45, 2.75) is 57.8 Å². The molecule has 6 nitrogen and oxygen atoms in total. The fourth-order valence-corrected chi connectivity index (χ4v) is 2.46. The minimum Gasteiger partial charge on any atom is -0.481 e. The number of methoxy groups -OCH3 is 1. The predicted molar refractivity (Wildman–Crippen MR) is 71.4 cm³/mol. The van der Waals surface area contributed by atoms with E-state index in [0.717, 1.165) is 12.8 Å². The van der Waals surface area contributed by atoms with E-state index in [2.05, 4.69) is 0 Å². The van der Waals surface area contributed by atoms with Gasteiger partial charge >= 0.3 is 11.9 Å². The highest BCUT2D eigenvalue weighted by Gasteiger charge is 2.33. The van der Waals surface area contributed by atoms with Crippen molar-refractivity contribution in [3.8, 4) is 0 Å². The maximum absolute atomic E-state index is 11.5. The van der Waals surface area contributed by atoms with E-state index >= 15 is 0 Å². The first kappa shape index (κ1) is 16.9. The van der Waals surface area contributed by atoms with Gasteiger partial charge in [0, 0.05) is 13.0 Å². The van der Waals surface area contributed by atoms with Gasteiger partial charge in [0.2, 0.25) is 0 Å². The molecule has 20 heavy (non-hydrogen) atoms. The van der Waals surface area contributed by atoms with Crippen LogP contribution in [0, 0.1) is 5.92 Å². The molecule has 1 saturated heterocycles. The molecule has 0 saturated carbocycles. The van der Waals surface area contributed by atoms with Gasteiger partial charge in [0.15, 0.2) is 0 Å². The Kier molecular flexibility index (Phi) is 6.95. The molecule has 0 radical (unpaired) electrons. The predicted octanol–water partition coefficient (Wildman–Crippen LogP) is 1.61. The smallest absolute Gasteiger partial charge is 0.306 e. The van der Waals surface area contributed by atoms with Crippen LogP contribution < -0.4 is 0 Å². The minimum absolute atomic E-state index is 0.0118. The summed E-state index contributed by atoms with van der Waals surface area (Å²) in [6, 6.07) is 0. The molecule has 0 aromatic carbocycles. The Balaban J connectivity index is 2.49. The molecule has 116 valence electrons. The fourth-order valence-electron chi connectivity index (χ4n) is 2.46. The van der Waals surface area contributed by atoms with Crippen LogP contribution in [0.15, 0.2) is 0 Å². The van der Waals surface area contributed by atoms with E-state index in [1.807, 2.05) is 13.8 Å². The molecule has 0 spiro atoms. The van der Waals surface area contributed by atoms with Gasteiger partial charge < -0.3 is 19.3 Å². The Labute approximate surface area is 119 Å². The summed E-state index contributed by atoms with van der Waals surface area (Å²) in [6.07, 6.45) is 1.54. The van der Waals surface area contributed by atoms with Crippen molar-refractivity contribution in [1.82, 2.24) is 0 Å². The van der Waals surface area contributed by atoms with Crippen molar-refractivity contribution < 1.29 is 28.9 Å². The molecular weight excluding hydrogens is 264 g/mol. The molecule has 1 rings (SSSR count). The van der Waals surface area contributed by atoms with Gasteiger partial charge in [-0.15, -0.1) is 0 Å². The van der Waals surface area contributed by atoms with Crippen LogP contribution in [-0.2, 0) is 23.8 Å². The zero-order chi connectivity index (χ0) is 15.1. The summed E-state index contributed by atoms with van der Waals surface area (Å²) in [6.45, 7) is 4.17. The third-order valence-corrected chi connectivity index (χ3v) is 3.67. The summed E-state index contributed by atoms with van der Waals surface area (Å²) in [4.78, 5) is 21.9. The second-order valence-electron chi connectivity index (χ2n) is 5.24. The van der Waals surface area contributed by atoms with E-state index in [1.54, 1.807) is 7.11 Å². The van der Waals surface area contributed by atoms with Gasteiger partial charge in [-0.3, -0.25) is 9.59 Å². The largest absolute Gasteiger partial charge is 0.481 e. The van der Waals surface area contributed by atoms with Gasteiger partial charge in [0.1, 0.15) is 0 Å². The Bertz CT molecular complexity index is 330. The number of carboxylic acid groups (broad SMARTS) is 1. The SMILES string of the molecule is COC1CCC(C)OC(C)[C@@H]1COC(=O)CCC(=O)O. The van der Waals surface area contributed by atoms with Gasteiger partial charge in [-0.1, -0.05) is 0 Å². The van der Waals surface area contributed by atoms with Crippen LogP contribution >= 0.6 is 0 Å². The van der Waals surface area contributed by atoms with Gasteiger partial charge in [-0.25, -0.2) is 0 Å². The van der Waals surface area contributed by atoms with Gasteiger partial charge in [-0.2, -0.15) is 0 Å². The summed E-state index contributed by atoms with van der Waals surface area (Å²) in [5.41, 5.74) is 0. The first-order chi connectivity index (χ1) is 9.43. The molecule has 0 aliphatic carbocycles. The van der Waals surface area contributed by atoms with Crippen molar-refractivity contribution in [3.05, 3.63) is 0 Å². The molecule has 0 amide bonds. The third-order valence-electron chi connectivity index (χ3n) is 3.67. The zero-order valence-corrected chi connectivity index (χ0v) is 12.3. The molecule has 4 atom stereocenters. The number of carbonyl (C=O) groups is 2. The molecular formula is C14H24O6. The number of hydrogen-bond donors (Lipinski definition) is 1. The van der Waals surface area contributed by atoms with Crippen molar-refractivity contribution in [2.75, 3.05) is 13.7 Å². The number of rotatable bonds is 6. The average molecular weight is 288 g/mol. The van der Waals surface area contributed by atoms with E-state index in [1.165, 1.54) is 0 Å². The van der Waals surface area contributed by atoms with Gasteiger partial charge in [0.25, 0.3) is 0 Å². The molecule has 6 heteroatoms. The topological polar surface area (TPSA) is 82.1 Å². The quantitative estimate of drug-likeness (QED) is 0.748. The van der Waals surface area contributed by atoms with Gasteiger partial charge in [0.05, 0.1) is 37.8 Å². The molecule has 0 aromatic rings. The minimum atomic E-state index is -1.00. The standard InChI is InChI=1S/C14H24O6/c1-9-4-5-12(18-3)11(10(2)20-9)8-19-14(17)7-6-13(15)16/h9-12H,4-8H2,1-3H3,(H,15,16)/t9?,10?,11-,12?/m0/s1. The second kappa shape index (κ2) is 8.21. The Morgan fingerprint density at radius 2 is 1.95 bits per heavy atom. The van der Waals surface area contributed by atoms with Gasteiger partial charge in [-0.05, 0) is 26.7 Å². The molecule has 3 unspecified atom stereocenters. The molecule has 0 aromatic heterocycles. The molecule has 0 bridgehead atoms. The fraction of sp³-hybridized carbons (Fsp3) is 0.857. The lowest BCUT2D eigenvalue weighted by Gasteiger charge is -2.27. The highest BCUT2D eigenvalue weighted by atomic mass is 16.5. The van der Waals surface area contributed by atoms with E-state index in [9.17, 15) is 9.59 Å². The Morgan fingerprint density at radius 3 is 2.55 bits per heavy atom. The maximum Gasteiger partial charge on any atom is 0.306 e. The van der Waals surface area contributed by atoms with Crippen molar-refractivity contribution >= 4 is 11.9 Å². The lowest BCUT2D eigenvalue weighted by molar-refractivity contribution is -0.152. The van der Waals surface area contributed by atoms with Crippen LogP contribution in [0.5, 0.6) is 0 Å². The summed E-state index contributed by atoms with van der Waals surface area (Å²) in [7, 11) is 1.65. The Morgan fingerprint density at radius 1 is 1.25 bits per heavy atom. The van der Waals surface area contributed by atoms with E-state index in [-0.39, 0.29) is 43.7 Å². The number of carboxylic acids is 1. The zero-order valence-electron chi connectivity index (χ0n) is 12.3. The Hall–Kier alpha value is -1.14. The van der Waals surface area contributed by atoms with E-state index in [0.29, 0.717) is 0 Å². The van der Waals surface area contributed by atoms with Crippen molar-refractivity contribution in [2.24, 2.45) is 5.92 Å². The van der Waals surface area contributed by atoms with Crippen molar-refractivity contribution in [1.29, 1.82) is 0 Å². The number of aliphatic carboxylic acids is 1. The number of esters is 1. The van der Waals surface area contributed by atoms with Crippen LogP contribution in [-0.4, -0.2) is 49.1 Å². The average Bonchev–Trinajstić information content (AvgIpc) is 2.52. The summed E-state index contributed by atoms with van der Waals surface area (Å²) in [5, 5.41) is 8.52. The molecule has 1 N–H and O–H groups in total. The lowest BCUT2D eigenvalue weighted by Crippen LogP contribution is -2.35. The highest BCUT2D eigenvalue weighted by molar-refractivity contribution is 5.76. The molecule has 1 aliphatic rings. The van der Waals surface area contributed by atoms with Crippen LogP contribution in [0.2, 0.25) is 0 Å². The normalized spacial score (nSPS) is 30.6. The number of hydrogen-bond acceptors (Lipinski definition) is 5. The summed E-state index contributed by atoms with van der Waals surface area (Å²) < 4.78 is 16.5. The van der Waals surface area contributed by atoms with Crippen LogP contribution in [0.3, 0.4) is 0 Å². The van der Waals surface area contributed by atoms with Crippen LogP contribution in [0.1, 0.15) is 39.5 Å². The summed E-state index contributed by atoms with van der Waals surface area (Å²) in [5.74, 6) is -1.53. The van der Waals surface area contributed by atoms with Crippen LogP contribution in [0.4, 0.5) is 0 Å². The summed E-state index contributed by atoms with van der Waals surface area (Å²) >= 11 is 0. The lowest BCUT2D eigenvalue weighted by atomic mass is 9.95. The second-order valence-corrected chi connectivity index (χ2v) is 5.24. The molecule has 1 heterocycles. The first-order valence-electron chi connectivity index (χ1n) is 6.99. The molecule has 1 aliphatic heterocycles. The van der Waals surface area contributed by atoms with E-state index < -0.39 is 11.9 Å². The highest BCUT2D eigenvalue weighted by Crippen LogP contribution is 2.26. The number of carbonyl (C=O) groups excluding carboxylic acids is 1. The molecule has 1 fully saturated rings. The number of ether oxygens (including phenoxy) is 3. The third kappa shape index (κ3) is 5.46. The van der Waals surface area contributed by atoms with Crippen molar-refractivity contribution in [3.63, 3.8) is 0 Å². The maximum atomic E-state index is 11.5. The van der Waals surface area contributed by atoms with E-state index in [4.69, 9.17) is 19.3 Å². The monoisotopic (exact) mass is 288 g/mol. The van der Waals surface area contributed by atoms with Crippen LogP contribution in [0.25, 0.3) is 0 Å². The first-order valence-corrected chi connectivity index (χ1v) is 6.99.